The van der Waals surface area contributed by atoms with Gasteiger partial charge in [-0.25, -0.2) is 4.39 Å². The Labute approximate surface area is 117 Å². The van der Waals surface area contributed by atoms with Gasteiger partial charge in [0.25, 0.3) is 0 Å². The first kappa shape index (κ1) is 16.1. The molecule has 0 aromatic heterocycles. The minimum atomic E-state index is -0.814. The molecule has 0 atom stereocenters. The van der Waals surface area contributed by atoms with Gasteiger partial charge in [0.05, 0.1) is 11.2 Å². The van der Waals surface area contributed by atoms with Crippen molar-refractivity contribution in [3.05, 3.63) is 24.0 Å². The van der Waals surface area contributed by atoms with Gasteiger partial charge in [-0.05, 0) is 38.6 Å². The fourth-order valence-corrected chi connectivity index (χ4v) is 1.70. The van der Waals surface area contributed by atoms with Crippen LogP contribution < -0.4 is 16.0 Å². The quantitative estimate of drug-likeness (QED) is 0.774. The van der Waals surface area contributed by atoms with Gasteiger partial charge in [0.2, 0.25) is 11.8 Å². The van der Waals surface area contributed by atoms with Gasteiger partial charge in [0.15, 0.2) is 0 Å². The van der Waals surface area contributed by atoms with Crippen LogP contribution in [-0.2, 0) is 9.59 Å². The van der Waals surface area contributed by atoms with Crippen molar-refractivity contribution in [2.45, 2.75) is 33.2 Å². The molecule has 0 fully saturated rings. The number of anilines is 2. The maximum Gasteiger partial charge on any atom is 0.244 e. The molecule has 0 aliphatic rings. The normalized spacial score (nSPS) is 11.1. The van der Waals surface area contributed by atoms with E-state index in [2.05, 4.69) is 16.0 Å². The van der Waals surface area contributed by atoms with E-state index in [1.807, 2.05) is 6.92 Å². The summed E-state index contributed by atoms with van der Waals surface area (Å²) in [5.41, 5.74) is -0.353. The summed E-state index contributed by atoms with van der Waals surface area (Å²) in [5, 5.41) is 8.06. The second-order valence-electron chi connectivity index (χ2n) is 4.99. The Morgan fingerprint density at radius 3 is 2.45 bits per heavy atom. The van der Waals surface area contributed by atoms with E-state index in [1.54, 1.807) is 13.8 Å². The van der Waals surface area contributed by atoms with Crippen molar-refractivity contribution in [3.8, 4) is 0 Å². The van der Waals surface area contributed by atoms with Gasteiger partial charge in [-0.1, -0.05) is 6.92 Å². The van der Waals surface area contributed by atoms with E-state index < -0.39 is 11.4 Å². The molecule has 0 saturated carbocycles. The predicted molar refractivity (Wildman–Crippen MR) is 77.1 cm³/mol. The number of rotatable bonds is 5. The molecule has 3 N–H and O–H groups in total. The molecule has 0 bridgehead atoms. The molecule has 20 heavy (non-hydrogen) atoms. The summed E-state index contributed by atoms with van der Waals surface area (Å²) in [5.74, 6) is -1.17. The van der Waals surface area contributed by atoms with Crippen molar-refractivity contribution < 1.29 is 14.0 Å². The third kappa shape index (κ3) is 4.31. The Bertz CT molecular complexity index is 515. The van der Waals surface area contributed by atoms with E-state index in [4.69, 9.17) is 0 Å². The molecule has 0 spiro atoms. The zero-order valence-corrected chi connectivity index (χ0v) is 12.1. The highest BCUT2D eigenvalue weighted by Crippen LogP contribution is 2.21. The Kier molecular flexibility index (Phi) is 5.21. The average Bonchev–Trinajstić information content (AvgIpc) is 2.32. The molecular formula is C14H20FN3O2. The number of likely N-dealkylation sites (N-methyl/N-ethyl adjacent to an activating group) is 1. The Balaban J connectivity index is 2.91. The summed E-state index contributed by atoms with van der Waals surface area (Å²) in [6, 6.07) is 4.01. The van der Waals surface area contributed by atoms with Crippen LogP contribution in [0.3, 0.4) is 0 Å². The third-order valence-corrected chi connectivity index (χ3v) is 2.72. The predicted octanol–water partition coefficient (Wildman–Crippen LogP) is 2.11. The smallest absolute Gasteiger partial charge is 0.244 e. The first-order valence-corrected chi connectivity index (χ1v) is 6.40. The fourth-order valence-electron chi connectivity index (χ4n) is 1.70. The number of halogens is 1. The highest BCUT2D eigenvalue weighted by Gasteiger charge is 2.26. The van der Waals surface area contributed by atoms with Crippen LogP contribution in [0.4, 0.5) is 15.8 Å². The second-order valence-corrected chi connectivity index (χ2v) is 4.99. The third-order valence-electron chi connectivity index (χ3n) is 2.72. The number of carbonyl (C=O) groups is 2. The van der Waals surface area contributed by atoms with Crippen LogP contribution in [-0.4, -0.2) is 23.9 Å². The van der Waals surface area contributed by atoms with E-state index in [0.717, 1.165) is 0 Å². The van der Waals surface area contributed by atoms with Gasteiger partial charge in [-0.2, -0.15) is 0 Å². The SMILES string of the molecule is CCNC(C)(C)C(=O)Nc1cc(NC(C)=O)ccc1F. The van der Waals surface area contributed by atoms with Crippen molar-refractivity contribution in [2.75, 3.05) is 17.2 Å². The fraction of sp³-hybridized carbons (Fsp3) is 0.429. The minimum absolute atomic E-state index is 0.0345. The summed E-state index contributed by atoms with van der Waals surface area (Å²) >= 11 is 0. The standard InChI is InChI=1S/C14H20FN3O2/c1-5-16-14(3,4)13(20)18-12-8-10(17-9(2)19)6-7-11(12)15/h6-8,16H,5H2,1-4H3,(H,17,19)(H,18,20). The molecule has 0 saturated heterocycles. The zero-order valence-electron chi connectivity index (χ0n) is 12.1. The summed E-state index contributed by atoms with van der Waals surface area (Å²) in [7, 11) is 0. The van der Waals surface area contributed by atoms with Gasteiger partial charge in [0.1, 0.15) is 5.82 Å². The van der Waals surface area contributed by atoms with Crippen molar-refractivity contribution in [1.82, 2.24) is 5.32 Å². The van der Waals surface area contributed by atoms with Crippen molar-refractivity contribution in [2.24, 2.45) is 0 Å². The average molecular weight is 281 g/mol. The summed E-state index contributed by atoms with van der Waals surface area (Å²) in [6.45, 7) is 7.28. The number of hydrogen-bond donors (Lipinski definition) is 3. The van der Waals surface area contributed by atoms with Crippen molar-refractivity contribution in [3.63, 3.8) is 0 Å². The molecule has 0 heterocycles. The molecule has 1 aromatic rings. The summed E-state index contributed by atoms with van der Waals surface area (Å²) in [6.07, 6.45) is 0. The van der Waals surface area contributed by atoms with Crippen LogP contribution in [0.15, 0.2) is 18.2 Å². The summed E-state index contributed by atoms with van der Waals surface area (Å²) in [4.78, 5) is 23.1. The van der Waals surface area contributed by atoms with Gasteiger partial charge < -0.3 is 16.0 Å². The Hall–Kier alpha value is -1.95. The lowest BCUT2D eigenvalue weighted by molar-refractivity contribution is -0.121. The molecule has 2 amide bonds. The first-order chi connectivity index (χ1) is 9.26. The van der Waals surface area contributed by atoms with Crippen LogP contribution in [0, 0.1) is 5.82 Å². The molecule has 1 rings (SSSR count). The molecule has 0 aliphatic heterocycles. The summed E-state index contributed by atoms with van der Waals surface area (Å²) < 4.78 is 13.7. The number of hydrogen-bond acceptors (Lipinski definition) is 3. The zero-order chi connectivity index (χ0) is 15.3. The number of nitrogens with one attached hydrogen (secondary N) is 3. The highest BCUT2D eigenvalue weighted by atomic mass is 19.1. The van der Waals surface area contributed by atoms with E-state index in [0.29, 0.717) is 12.2 Å². The topological polar surface area (TPSA) is 70.2 Å². The van der Waals surface area contributed by atoms with E-state index in [-0.39, 0.29) is 17.5 Å². The van der Waals surface area contributed by atoms with Crippen LogP contribution in [0.2, 0.25) is 0 Å². The van der Waals surface area contributed by atoms with Crippen LogP contribution >= 0.6 is 0 Å². The molecule has 110 valence electrons. The number of benzene rings is 1. The number of amides is 2. The molecule has 0 aliphatic carbocycles. The molecular weight excluding hydrogens is 261 g/mol. The molecule has 0 radical (unpaired) electrons. The van der Waals surface area contributed by atoms with E-state index >= 15 is 0 Å². The molecule has 6 heteroatoms. The first-order valence-electron chi connectivity index (χ1n) is 6.40. The van der Waals surface area contributed by atoms with Gasteiger partial charge in [-0.15, -0.1) is 0 Å². The highest BCUT2D eigenvalue weighted by molar-refractivity contribution is 5.98. The van der Waals surface area contributed by atoms with Gasteiger partial charge in [-0.3, -0.25) is 9.59 Å². The maximum atomic E-state index is 13.7. The largest absolute Gasteiger partial charge is 0.326 e. The van der Waals surface area contributed by atoms with Gasteiger partial charge >= 0.3 is 0 Å². The molecule has 1 aromatic carbocycles. The lowest BCUT2D eigenvalue weighted by Crippen LogP contribution is -2.49. The minimum Gasteiger partial charge on any atom is -0.326 e. The molecule has 5 nitrogen and oxygen atoms in total. The lowest BCUT2D eigenvalue weighted by atomic mass is 10.0. The van der Waals surface area contributed by atoms with Gasteiger partial charge in [0, 0.05) is 12.6 Å². The monoisotopic (exact) mass is 281 g/mol. The van der Waals surface area contributed by atoms with Crippen LogP contribution in [0.1, 0.15) is 27.7 Å². The second kappa shape index (κ2) is 6.47. The Morgan fingerprint density at radius 1 is 1.25 bits per heavy atom. The van der Waals surface area contributed by atoms with Crippen LogP contribution in [0.25, 0.3) is 0 Å². The van der Waals surface area contributed by atoms with E-state index in [9.17, 15) is 14.0 Å². The molecule has 0 unspecified atom stereocenters. The number of carbonyl (C=O) groups excluding carboxylic acids is 2. The van der Waals surface area contributed by atoms with Crippen LogP contribution in [0.5, 0.6) is 0 Å². The Morgan fingerprint density at radius 2 is 1.90 bits per heavy atom. The van der Waals surface area contributed by atoms with Crippen molar-refractivity contribution >= 4 is 23.2 Å². The maximum absolute atomic E-state index is 13.7. The van der Waals surface area contributed by atoms with Crippen molar-refractivity contribution in [1.29, 1.82) is 0 Å². The van der Waals surface area contributed by atoms with E-state index in [1.165, 1.54) is 25.1 Å². The lowest BCUT2D eigenvalue weighted by Gasteiger charge is -2.24.